The molecule has 17 heavy (non-hydrogen) atoms. The van der Waals surface area contributed by atoms with E-state index in [9.17, 15) is 0 Å². The first kappa shape index (κ1) is 11.9. The van der Waals surface area contributed by atoms with Crippen LogP contribution in [0.25, 0.3) is 0 Å². The predicted octanol–water partition coefficient (Wildman–Crippen LogP) is 3.52. The fourth-order valence-electron chi connectivity index (χ4n) is 1.93. The number of pyridine rings is 1. The van der Waals surface area contributed by atoms with Gasteiger partial charge in [-0.1, -0.05) is 0 Å². The van der Waals surface area contributed by atoms with Gasteiger partial charge < -0.3 is 11.1 Å². The Morgan fingerprint density at radius 2 is 2.18 bits per heavy atom. The van der Waals surface area contributed by atoms with Crippen molar-refractivity contribution in [3.05, 3.63) is 39.7 Å². The van der Waals surface area contributed by atoms with Crippen LogP contribution in [0.3, 0.4) is 0 Å². The van der Waals surface area contributed by atoms with Crippen LogP contribution >= 0.6 is 11.3 Å². The molecule has 3 N–H and O–H groups in total. The topological polar surface area (TPSA) is 50.9 Å². The molecule has 2 aromatic rings. The highest BCUT2D eigenvalue weighted by molar-refractivity contribution is 7.12. The van der Waals surface area contributed by atoms with Crippen LogP contribution < -0.4 is 11.1 Å². The number of hydrogen-bond donors (Lipinski definition) is 2. The summed E-state index contributed by atoms with van der Waals surface area (Å²) in [5.74, 6) is 0.545. The maximum Gasteiger partial charge on any atom is 0.146 e. The molecule has 2 heterocycles. The average Bonchev–Trinajstić information content (AvgIpc) is 2.61. The molecule has 2 aromatic heterocycles. The Kier molecular flexibility index (Phi) is 3.33. The highest BCUT2D eigenvalue weighted by Crippen LogP contribution is 2.29. The van der Waals surface area contributed by atoms with Crippen LogP contribution in [0.1, 0.15) is 28.3 Å². The molecule has 3 nitrogen and oxygen atoms in total. The van der Waals surface area contributed by atoms with Crippen LogP contribution in [0, 0.1) is 13.8 Å². The van der Waals surface area contributed by atoms with Gasteiger partial charge in [0.05, 0.1) is 5.69 Å². The Hall–Kier alpha value is -1.55. The molecule has 0 aliphatic carbocycles. The summed E-state index contributed by atoms with van der Waals surface area (Å²) in [5.41, 5.74) is 8.04. The van der Waals surface area contributed by atoms with Gasteiger partial charge in [0.15, 0.2) is 0 Å². The fourth-order valence-corrected chi connectivity index (χ4v) is 2.95. The van der Waals surface area contributed by atoms with E-state index in [1.165, 1.54) is 15.3 Å². The lowest BCUT2D eigenvalue weighted by molar-refractivity contribution is 0.881. The summed E-state index contributed by atoms with van der Waals surface area (Å²) in [4.78, 5) is 6.76. The number of anilines is 2. The normalized spacial score (nSPS) is 12.4. The first-order chi connectivity index (χ1) is 8.08. The Balaban J connectivity index is 2.20. The van der Waals surface area contributed by atoms with Gasteiger partial charge in [-0.3, -0.25) is 0 Å². The van der Waals surface area contributed by atoms with Gasteiger partial charge in [-0.15, -0.1) is 11.3 Å². The highest BCUT2D eigenvalue weighted by Gasteiger charge is 2.12. The van der Waals surface area contributed by atoms with E-state index in [4.69, 9.17) is 5.73 Å². The molecule has 0 spiro atoms. The number of nitrogens with two attached hydrogens (primary N) is 1. The van der Waals surface area contributed by atoms with E-state index in [0.29, 0.717) is 5.82 Å². The third kappa shape index (κ3) is 2.58. The van der Waals surface area contributed by atoms with Gasteiger partial charge in [0.2, 0.25) is 0 Å². The van der Waals surface area contributed by atoms with Crippen LogP contribution in [0.5, 0.6) is 0 Å². The Labute approximate surface area is 106 Å². The van der Waals surface area contributed by atoms with Crippen molar-refractivity contribution < 1.29 is 0 Å². The number of aryl methyl sites for hydroxylation is 2. The molecule has 2 rings (SSSR count). The largest absolute Gasteiger partial charge is 0.382 e. The minimum absolute atomic E-state index is 0.242. The Morgan fingerprint density at radius 3 is 2.76 bits per heavy atom. The van der Waals surface area contributed by atoms with Gasteiger partial charge >= 0.3 is 0 Å². The summed E-state index contributed by atoms with van der Waals surface area (Å²) in [6, 6.07) is 6.31. The second-order valence-corrected chi connectivity index (χ2v) is 5.63. The van der Waals surface area contributed by atoms with E-state index >= 15 is 0 Å². The van der Waals surface area contributed by atoms with Crippen LogP contribution in [-0.2, 0) is 0 Å². The SMILES string of the molecule is Cc1cc(C(C)Nc2cccnc2N)c(C)s1. The van der Waals surface area contributed by atoms with Crippen molar-refractivity contribution >= 4 is 22.8 Å². The number of nitrogens with zero attached hydrogens (tertiary/aromatic N) is 1. The summed E-state index contributed by atoms with van der Waals surface area (Å²) in [7, 11) is 0. The number of hydrogen-bond acceptors (Lipinski definition) is 4. The first-order valence-corrected chi connectivity index (χ1v) is 6.43. The zero-order valence-corrected chi connectivity index (χ0v) is 11.1. The van der Waals surface area contributed by atoms with Gasteiger partial charge in [-0.25, -0.2) is 4.98 Å². The molecule has 0 bridgehead atoms. The van der Waals surface area contributed by atoms with Crippen molar-refractivity contribution in [2.24, 2.45) is 0 Å². The molecular weight excluding hydrogens is 230 g/mol. The summed E-state index contributed by atoms with van der Waals surface area (Å²) in [5, 5.41) is 3.40. The van der Waals surface area contributed by atoms with E-state index < -0.39 is 0 Å². The lowest BCUT2D eigenvalue weighted by Gasteiger charge is -2.16. The van der Waals surface area contributed by atoms with Gasteiger partial charge in [0, 0.05) is 22.0 Å². The van der Waals surface area contributed by atoms with E-state index in [1.807, 2.05) is 23.5 Å². The molecular formula is C13H17N3S. The molecule has 1 unspecified atom stereocenters. The van der Waals surface area contributed by atoms with Crippen molar-refractivity contribution in [2.75, 3.05) is 11.1 Å². The van der Waals surface area contributed by atoms with Gasteiger partial charge in [-0.2, -0.15) is 0 Å². The quantitative estimate of drug-likeness (QED) is 0.872. The second kappa shape index (κ2) is 4.75. The van der Waals surface area contributed by atoms with Gasteiger partial charge in [-0.05, 0) is 44.5 Å². The maximum atomic E-state index is 5.82. The molecule has 0 saturated carbocycles. The van der Waals surface area contributed by atoms with E-state index in [-0.39, 0.29) is 6.04 Å². The summed E-state index contributed by atoms with van der Waals surface area (Å²) in [6.45, 7) is 6.42. The molecule has 0 aliphatic rings. The molecule has 0 amide bonds. The monoisotopic (exact) mass is 247 g/mol. The van der Waals surface area contributed by atoms with Gasteiger partial charge in [0.1, 0.15) is 5.82 Å². The molecule has 0 aromatic carbocycles. The summed E-state index contributed by atoms with van der Waals surface area (Å²) < 4.78 is 0. The van der Waals surface area contributed by atoms with Crippen molar-refractivity contribution in [1.82, 2.24) is 4.98 Å². The molecule has 0 aliphatic heterocycles. The molecule has 4 heteroatoms. The first-order valence-electron chi connectivity index (χ1n) is 5.62. The predicted molar refractivity (Wildman–Crippen MR) is 74.5 cm³/mol. The summed E-state index contributed by atoms with van der Waals surface area (Å²) >= 11 is 1.83. The molecule has 90 valence electrons. The Bertz CT molecular complexity index is 519. The van der Waals surface area contributed by atoms with E-state index in [1.54, 1.807) is 6.20 Å². The second-order valence-electron chi connectivity index (χ2n) is 4.17. The van der Waals surface area contributed by atoms with Gasteiger partial charge in [0.25, 0.3) is 0 Å². The number of aromatic nitrogens is 1. The van der Waals surface area contributed by atoms with Crippen LogP contribution in [-0.4, -0.2) is 4.98 Å². The highest BCUT2D eigenvalue weighted by atomic mass is 32.1. The minimum atomic E-state index is 0.242. The zero-order chi connectivity index (χ0) is 12.4. The molecule has 0 radical (unpaired) electrons. The van der Waals surface area contributed by atoms with E-state index in [2.05, 4.69) is 37.1 Å². The molecule has 0 saturated heterocycles. The van der Waals surface area contributed by atoms with Crippen molar-refractivity contribution in [1.29, 1.82) is 0 Å². The third-order valence-corrected chi connectivity index (χ3v) is 3.74. The van der Waals surface area contributed by atoms with Crippen LogP contribution in [0.2, 0.25) is 0 Å². The van der Waals surface area contributed by atoms with E-state index in [0.717, 1.165) is 5.69 Å². The number of nitrogens with one attached hydrogen (secondary N) is 1. The lowest BCUT2D eigenvalue weighted by Crippen LogP contribution is -2.09. The standard InChI is InChI=1S/C13H17N3S/c1-8-7-11(10(3)17-8)9(2)16-12-5-4-6-15-13(12)14/h4-7,9,16H,1-3H3,(H2,14,15). The average molecular weight is 247 g/mol. The van der Waals surface area contributed by atoms with Crippen molar-refractivity contribution in [2.45, 2.75) is 26.8 Å². The number of thiophene rings is 1. The zero-order valence-electron chi connectivity index (χ0n) is 10.3. The Morgan fingerprint density at radius 1 is 1.41 bits per heavy atom. The van der Waals surface area contributed by atoms with Crippen LogP contribution in [0.4, 0.5) is 11.5 Å². The smallest absolute Gasteiger partial charge is 0.146 e. The molecule has 1 atom stereocenters. The number of rotatable bonds is 3. The van der Waals surface area contributed by atoms with Crippen molar-refractivity contribution in [3.63, 3.8) is 0 Å². The third-order valence-electron chi connectivity index (χ3n) is 2.76. The minimum Gasteiger partial charge on any atom is -0.382 e. The molecule has 0 fully saturated rings. The summed E-state index contributed by atoms with van der Waals surface area (Å²) in [6.07, 6.45) is 1.70. The van der Waals surface area contributed by atoms with Crippen LogP contribution in [0.15, 0.2) is 24.4 Å². The maximum absolute atomic E-state index is 5.82. The number of nitrogen functional groups attached to an aromatic ring is 1. The van der Waals surface area contributed by atoms with Crippen molar-refractivity contribution in [3.8, 4) is 0 Å². The fraction of sp³-hybridized carbons (Fsp3) is 0.308. The lowest BCUT2D eigenvalue weighted by atomic mass is 10.1.